The minimum absolute atomic E-state index is 0.188. The van der Waals surface area contributed by atoms with Crippen LogP contribution in [-0.2, 0) is 19.9 Å². The van der Waals surface area contributed by atoms with Crippen LogP contribution in [0, 0.1) is 0 Å². The van der Waals surface area contributed by atoms with Gasteiger partial charge in [-0.05, 0) is 24.3 Å². The number of hydrogen-bond donors (Lipinski definition) is 0. The standard InChI is InChI=1S/C12H14O3S/c1-8(11(13)14-2)10-9(4-7-16-10)12(15-3)5-6-12/h4,7H,1,5-6H2,2-3H3. The molecule has 1 aromatic heterocycles. The first-order chi connectivity index (χ1) is 7.64. The third kappa shape index (κ3) is 1.68. The molecular formula is C12H14O3S. The van der Waals surface area contributed by atoms with Crippen molar-refractivity contribution in [3.8, 4) is 0 Å². The smallest absolute Gasteiger partial charge is 0.338 e. The van der Waals surface area contributed by atoms with Crippen LogP contribution in [0.4, 0.5) is 0 Å². The van der Waals surface area contributed by atoms with E-state index in [9.17, 15) is 4.79 Å². The summed E-state index contributed by atoms with van der Waals surface area (Å²) in [6.07, 6.45) is 2.00. The Bertz CT molecular complexity index is 429. The zero-order valence-electron chi connectivity index (χ0n) is 9.41. The molecule has 0 amide bonds. The quantitative estimate of drug-likeness (QED) is 0.597. The Labute approximate surface area is 98.7 Å². The molecule has 1 aromatic rings. The second-order valence-electron chi connectivity index (χ2n) is 3.83. The van der Waals surface area contributed by atoms with Gasteiger partial charge in [-0.25, -0.2) is 4.79 Å². The Morgan fingerprint density at radius 3 is 2.69 bits per heavy atom. The molecule has 0 N–H and O–H groups in total. The highest BCUT2D eigenvalue weighted by Crippen LogP contribution is 2.51. The Morgan fingerprint density at radius 1 is 1.50 bits per heavy atom. The lowest BCUT2D eigenvalue weighted by molar-refractivity contribution is -0.133. The maximum atomic E-state index is 11.4. The summed E-state index contributed by atoms with van der Waals surface area (Å²) in [4.78, 5) is 12.3. The van der Waals surface area contributed by atoms with E-state index in [1.54, 1.807) is 7.11 Å². The van der Waals surface area contributed by atoms with Crippen molar-refractivity contribution in [2.24, 2.45) is 0 Å². The van der Waals surface area contributed by atoms with E-state index in [1.165, 1.54) is 18.4 Å². The molecule has 3 nitrogen and oxygen atoms in total. The summed E-state index contributed by atoms with van der Waals surface area (Å²) in [7, 11) is 3.07. The highest BCUT2D eigenvalue weighted by atomic mass is 32.1. The Balaban J connectivity index is 2.33. The van der Waals surface area contributed by atoms with Crippen molar-refractivity contribution in [2.75, 3.05) is 14.2 Å². The summed E-state index contributed by atoms with van der Waals surface area (Å²) in [5.74, 6) is -0.379. The van der Waals surface area contributed by atoms with Crippen molar-refractivity contribution < 1.29 is 14.3 Å². The maximum absolute atomic E-state index is 11.4. The van der Waals surface area contributed by atoms with Gasteiger partial charge in [0.25, 0.3) is 0 Å². The van der Waals surface area contributed by atoms with Crippen molar-refractivity contribution in [1.82, 2.24) is 0 Å². The topological polar surface area (TPSA) is 35.5 Å². The molecule has 0 unspecified atom stereocenters. The zero-order valence-corrected chi connectivity index (χ0v) is 10.2. The monoisotopic (exact) mass is 238 g/mol. The Morgan fingerprint density at radius 2 is 2.19 bits per heavy atom. The van der Waals surface area contributed by atoms with Crippen LogP contribution in [0.2, 0.25) is 0 Å². The second-order valence-corrected chi connectivity index (χ2v) is 4.75. The molecule has 1 aliphatic carbocycles. The molecule has 0 atom stereocenters. The number of carbonyl (C=O) groups is 1. The number of hydrogen-bond acceptors (Lipinski definition) is 4. The fourth-order valence-corrected chi connectivity index (χ4v) is 2.76. The molecule has 0 aromatic carbocycles. The van der Waals surface area contributed by atoms with E-state index < -0.39 is 0 Å². The average molecular weight is 238 g/mol. The highest BCUT2D eigenvalue weighted by molar-refractivity contribution is 7.11. The molecule has 0 spiro atoms. The van der Waals surface area contributed by atoms with Crippen LogP contribution >= 0.6 is 11.3 Å². The Hall–Kier alpha value is -1.13. The van der Waals surface area contributed by atoms with Crippen LogP contribution in [-0.4, -0.2) is 20.2 Å². The van der Waals surface area contributed by atoms with Crippen molar-refractivity contribution in [1.29, 1.82) is 0 Å². The minimum atomic E-state index is -0.379. The van der Waals surface area contributed by atoms with Gasteiger partial charge in [0.2, 0.25) is 0 Å². The van der Waals surface area contributed by atoms with Gasteiger partial charge in [-0.3, -0.25) is 0 Å². The number of ether oxygens (including phenoxy) is 2. The first-order valence-corrected chi connectivity index (χ1v) is 5.93. The van der Waals surface area contributed by atoms with E-state index in [2.05, 4.69) is 11.3 Å². The summed E-state index contributed by atoms with van der Waals surface area (Å²) >= 11 is 1.50. The molecule has 0 saturated heterocycles. The highest BCUT2D eigenvalue weighted by Gasteiger charge is 2.47. The van der Waals surface area contributed by atoms with Crippen LogP contribution < -0.4 is 0 Å². The molecule has 86 valence electrons. The lowest BCUT2D eigenvalue weighted by Gasteiger charge is -2.14. The van der Waals surface area contributed by atoms with Gasteiger partial charge in [0, 0.05) is 17.6 Å². The molecular weight excluding hydrogens is 224 g/mol. The summed E-state index contributed by atoms with van der Waals surface area (Å²) in [5, 5.41) is 1.96. The van der Waals surface area contributed by atoms with Gasteiger partial charge in [-0.15, -0.1) is 11.3 Å². The molecule has 1 heterocycles. The lowest BCUT2D eigenvalue weighted by atomic mass is 10.1. The number of rotatable bonds is 4. The number of methoxy groups -OCH3 is 2. The van der Waals surface area contributed by atoms with Gasteiger partial charge < -0.3 is 9.47 Å². The van der Waals surface area contributed by atoms with Gasteiger partial charge in [-0.2, -0.15) is 0 Å². The van der Waals surface area contributed by atoms with E-state index in [4.69, 9.17) is 4.74 Å². The molecule has 1 aliphatic rings. The zero-order chi connectivity index (χ0) is 11.8. The van der Waals surface area contributed by atoms with Crippen molar-refractivity contribution in [3.63, 3.8) is 0 Å². The minimum Gasteiger partial charge on any atom is -0.465 e. The van der Waals surface area contributed by atoms with Gasteiger partial charge in [0.15, 0.2) is 0 Å². The fourth-order valence-electron chi connectivity index (χ4n) is 1.81. The predicted molar refractivity (Wildman–Crippen MR) is 63.3 cm³/mol. The molecule has 0 radical (unpaired) electrons. The number of carbonyl (C=O) groups excluding carboxylic acids is 1. The van der Waals surface area contributed by atoms with Crippen LogP contribution in [0.3, 0.4) is 0 Å². The van der Waals surface area contributed by atoms with Crippen LogP contribution in [0.1, 0.15) is 23.3 Å². The van der Waals surface area contributed by atoms with Crippen molar-refractivity contribution in [3.05, 3.63) is 28.5 Å². The number of thiophene rings is 1. The summed E-state index contributed by atoms with van der Waals surface area (Å²) in [6.45, 7) is 3.78. The molecule has 0 aliphatic heterocycles. The molecule has 1 fully saturated rings. The predicted octanol–water partition coefficient (Wildman–Crippen LogP) is 2.57. The lowest BCUT2D eigenvalue weighted by Crippen LogP contribution is -2.11. The molecule has 0 bridgehead atoms. The van der Waals surface area contributed by atoms with E-state index in [1.807, 2.05) is 11.4 Å². The molecule has 4 heteroatoms. The molecule has 1 saturated carbocycles. The summed E-state index contributed by atoms with van der Waals surface area (Å²) < 4.78 is 10.2. The number of esters is 1. The SMILES string of the molecule is C=C(C(=O)OC)c1sccc1C1(OC)CC1. The summed E-state index contributed by atoms with van der Waals surface area (Å²) in [6, 6.07) is 2.00. The Kier molecular flexibility index (Phi) is 2.86. The van der Waals surface area contributed by atoms with Gasteiger partial charge in [0.05, 0.1) is 18.3 Å². The van der Waals surface area contributed by atoms with E-state index >= 15 is 0 Å². The van der Waals surface area contributed by atoms with E-state index in [0.717, 1.165) is 23.3 Å². The van der Waals surface area contributed by atoms with E-state index in [-0.39, 0.29) is 11.6 Å². The van der Waals surface area contributed by atoms with Gasteiger partial charge in [-0.1, -0.05) is 6.58 Å². The third-order valence-electron chi connectivity index (χ3n) is 2.96. The second kappa shape index (κ2) is 4.03. The van der Waals surface area contributed by atoms with E-state index in [0.29, 0.717) is 5.57 Å². The average Bonchev–Trinajstić information content (AvgIpc) is 2.96. The normalized spacial score (nSPS) is 16.9. The largest absolute Gasteiger partial charge is 0.465 e. The van der Waals surface area contributed by atoms with Gasteiger partial charge >= 0.3 is 5.97 Å². The first kappa shape index (κ1) is 11.4. The van der Waals surface area contributed by atoms with Gasteiger partial charge in [0.1, 0.15) is 0 Å². The maximum Gasteiger partial charge on any atom is 0.338 e. The van der Waals surface area contributed by atoms with Crippen LogP contribution in [0.25, 0.3) is 5.57 Å². The van der Waals surface area contributed by atoms with Crippen molar-refractivity contribution in [2.45, 2.75) is 18.4 Å². The van der Waals surface area contributed by atoms with Crippen molar-refractivity contribution >= 4 is 22.9 Å². The molecule has 16 heavy (non-hydrogen) atoms. The third-order valence-corrected chi connectivity index (χ3v) is 3.93. The van der Waals surface area contributed by atoms with Crippen LogP contribution in [0.15, 0.2) is 18.0 Å². The summed E-state index contributed by atoms with van der Waals surface area (Å²) in [5.41, 5.74) is 1.29. The first-order valence-electron chi connectivity index (χ1n) is 5.05. The molecule has 2 rings (SSSR count). The fraction of sp³-hybridized carbons (Fsp3) is 0.417. The van der Waals surface area contributed by atoms with Crippen LogP contribution in [0.5, 0.6) is 0 Å².